The number of anilines is 1. The number of fused-ring (bicyclic) bond motifs is 1. The number of benzene rings is 1. The van der Waals surface area contributed by atoms with E-state index in [-0.39, 0.29) is 0 Å². The second-order valence-electron chi connectivity index (χ2n) is 4.05. The Morgan fingerprint density at radius 2 is 2.00 bits per heavy atom. The van der Waals surface area contributed by atoms with E-state index < -0.39 is 0 Å². The summed E-state index contributed by atoms with van der Waals surface area (Å²) in [7, 11) is 4.12. The maximum Gasteiger partial charge on any atom is 0.0733 e. The molecular weight excluding hydrogens is 325 g/mol. The van der Waals surface area contributed by atoms with Crippen molar-refractivity contribution in [2.75, 3.05) is 25.6 Å². The molecule has 0 bridgehead atoms. The SMILES string of the molecule is CCN(c1ccnc2cc(I)ccc12)N(C)C. The topological polar surface area (TPSA) is 19.4 Å². The van der Waals surface area contributed by atoms with Crippen LogP contribution in [0.25, 0.3) is 10.9 Å². The third-order valence-corrected chi connectivity index (χ3v) is 3.41. The van der Waals surface area contributed by atoms with E-state index in [1.165, 1.54) is 14.6 Å². The Balaban J connectivity index is 2.61. The number of halogens is 1. The highest BCUT2D eigenvalue weighted by Gasteiger charge is 2.10. The summed E-state index contributed by atoms with van der Waals surface area (Å²) in [4.78, 5) is 4.43. The van der Waals surface area contributed by atoms with Gasteiger partial charge in [-0.1, -0.05) is 0 Å². The smallest absolute Gasteiger partial charge is 0.0733 e. The minimum absolute atomic E-state index is 0.943. The first-order valence-corrected chi connectivity index (χ1v) is 6.70. The highest BCUT2D eigenvalue weighted by Crippen LogP contribution is 2.26. The van der Waals surface area contributed by atoms with Crippen LogP contribution in [0.5, 0.6) is 0 Å². The second kappa shape index (κ2) is 5.18. The van der Waals surface area contributed by atoms with Gasteiger partial charge < -0.3 is 5.01 Å². The summed E-state index contributed by atoms with van der Waals surface area (Å²) in [5.74, 6) is 0. The maximum absolute atomic E-state index is 4.43. The number of aromatic nitrogens is 1. The van der Waals surface area contributed by atoms with Crippen LogP contribution in [-0.2, 0) is 0 Å². The van der Waals surface area contributed by atoms with E-state index in [0.717, 1.165) is 12.1 Å². The maximum atomic E-state index is 4.43. The molecule has 0 radical (unpaired) electrons. The van der Waals surface area contributed by atoms with E-state index in [1.54, 1.807) is 0 Å². The molecule has 1 aromatic heterocycles. The second-order valence-corrected chi connectivity index (χ2v) is 5.30. The highest BCUT2D eigenvalue weighted by molar-refractivity contribution is 14.1. The van der Waals surface area contributed by atoms with Crippen molar-refractivity contribution in [3.8, 4) is 0 Å². The Labute approximate surface area is 116 Å². The largest absolute Gasteiger partial charge is 0.306 e. The zero-order valence-electron chi connectivity index (χ0n) is 10.3. The van der Waals surface area contributed by atoms with Gasteiger partial charge in [0.15, 0.2) is 0 Å². The number of rotatable bonds is 3. The van der Waals surface area contributed by atoms with Gasteiger partial charge >= 0.3 is 0 Å². The van der Waals surface area contributed by atoms with Gasteiger partial charge in [0.25, 0.3) is 0 Å². The minimum atomic E-state index is 0.943. The van der Waals surface area contributed by atoms with E-state index >= 15 is 0 Å². The minimum Gasteiger partial charge on any atom is -0.306 e. The Hall–Kier alpha value is -0.880. The monoisotopic (exact) mass is 341 g/mol. The van der Waals surface area contributed by atoms with Gasteiger partial charge in [0.05, 0.1) is 11.2 Å². The summed E-state index contributed by atoms with van der Waals surface area (Å²) >= 11 is 2.32. The fraction of sp³-hybridized carbons (Fsp3) is 0.308. The number of hydrazine groups is 1. The van der Waals surface area contributed by atoms with E-state index in [1.807, 2.05) is 6.20 Å². The van der Waals surface area contributed by atoms with Crippen LogP contribution in [0.1, 0.15) is 6.92 Å². The normalized spacial score (nSPS) is 11.1. The van der Waals surface area contributed by atoms with E-state index in [0.29, 0.717) is 0 Å². The molecule has 0 N–H and O–H groups in total. The lowest BCUT2D eigenvalue weighted by molar-refractivity contribution is 0.377. The Kier molecular flexibility index (Phi) is 3.83. The first kappa shape index (κ1) is 12.6. The standard InChI is InChI=1S/C13H16IN3/c1-4-17(16(2)3)13-7-8-15-12-9-10(14)5-6-11(12)13/h5-9H,4H2,1-3H3. The quantitative estimate of drug-likeness (QED) is 0.632. The molecule has 2 aromatic rings. The summed E-state index contributed by atoms with van der Waals surface area (Å²) in [6.45, 7) is 3.09. The fourth-order valence-corrected chi connectivity index (χ4v) is 2.47. The van der Waals surface area contributed by atoms with Crippen molar-refractivity contribution >= 4 is 39.2 Å². The molecule has 2 rings (SSSR count). The van der Waals surface area contributed by atoms with Crippen LogP contribution in [0.4, 0.5) is 5.69 Å². The van der Waals surface area contributed by atoms with E-state index in [9.17, 15) is 0 Å². The van der Waals surface area contributed by atoms with Gasteiger partial charge in [0.2, 0.25) is 0 Å². The molecule has 90 valence electrons. The average Bonchev–Trinajstić information content (AvgIpc) is 2.29. The molecule has 0 amide bonds. The fourth-order valence-electron chi connectivity index (χ4n) is 2.00. The molecule has 4 heteroatoms. The van der Waals surface area contributed by atoms with Crippen molar-refractivity contribution < 1.29 is 0 Å². The number of hydrogen-bond acceptors (Lipinski definition) is 3. The summed E-state index contributed by atoms with van der Waals surface area (Å²) in [6, 6.07) is 8.45. The van der Waals surface area contributed by atoms with Gasteiger partial charge in [-0.2, -0.15) is 0 Å². The van der Waals surface area contributed by atoms with Crippen molar-refractivity contribution in [2.45, 2.75) is 6.92 Å². The van der Waals surface area contributed by atoms with Crippen molar-refractivity contribution in [2.24, 2.45) is 0 Å². The third kappa shape index (κ3) is 2.52. The van der Waals surface area contributed by atoms with Crippen LogP contribution in [0.15, 0.2) is 30.5 Å². The van der Waals surface area contributed by atoms with Gasteiger partial charge in [-0.25, -0.2) is 5.01 Å². The van der Waals surface area contributed by atoms with E-state index in [4.69, 9.17) is 0 Å². The lowest BCUT2D eigenvalue weighted by Gasteiger charge is -2.30. The molecule has 0 spiro atoms. The van der Waals surface area contributed by atoms with Crippen LogP contribution in [0, 0.1) is 3.57 Å². The Morgan fingerprint density at radius 1 is 1.24 bits per heavy atom. The first-order valence-electron chi connectivity index (χ1n) is 5.62. The molecule has 0 atom stereocenters. The molecule has 0 aliphatic heterocycles. The summed E-state index contributed by atoms with van der Waals surface area (Å²) in [5, 5.41) is 5.53. The van der Waals surface area contributed by atoms with Crippen molar-refractivity contribution in [1.82, 2.24) is 9.99 Å². The van der Waals surface area contributed by atoms with E-state index in [2.05, 4.69) is 82.9 Å². The van der Waals surface area contributed by atoms with Gasteiger partial charge in [-0.15, -0.1) is 0 Å². The molecule has 0 unspecified atom stereocenters. The molecule has 0 fully saturated rings. The molecule has 1 aromatic carbocycles. The number of pyridine rings is 1. The number of nitrogens with zero attached hydrogens (tertiary/aromatic N) is 3. The molecule has 0 saturated carbocycles. The van der Waals surface area contributed by atoms with Crippen molar-refractivity contribution in [3.63, 3.8) is 0 Å². The molecular formula is C13H16IN3. The van der Waals surface area contributed by atoms with Crippen molar-refractivity contribution in [1.29, 1.82) is 0 Å². The predicted molar refractivity (Wildman–Crippen MR) is 81.2 cm³/mol. The summed E-state index contributed by atoms with van der Waals surface area (Å²) < 4.78 is 1.22. The lowest BCUT2D eigenvalue weighted by Crippen LogP contribution is -2.36. The Morgan fingerprint density at radius 3 is 2.65 bits per heavy atom. The zero-order chi connectivity index (χ0) is 12.4. The average molecular weight is 341 g/mol. The van der Waals surface area contributed by atoms with Gasteiger partial charge in [0.1, 0.15) is 0 Å². The first-order chi connectivity index (χ1) is 8.13. The van der Waals surface area contributed by atoms with Crippen LogP contribution in [0.2, 0.25) is 0 Å². The van der Waals surface area contributed by atoms with Crippen molar-refractivity contribution in [3.05, 3.63) is 34.0 Å². The van der Waals surface area contributed by atoms with Crippen LogP contribution < -0.4 is 5.01 Å². The van der Waals surface area contributed by atoms with Crippen LogP contribution in [0.3, 0.4) is 0 Å². The third-order valence-electron chi connectivity index (χ3n) is 2.74. The lowest BCUT2D eigenvalue weighted by atomic mass is 10.2. The van der Waals surface area contributed by atoms with Gasteiger partial charge in [-0.05, 0) is 53.8 Å². The van der Waals surface area contributed by atoms with Gasteiger partial charge in [0, 0.05) is 35.8 Å². The Bertz CT molecular complexity index is 525. The zero-order valence-corrected chi connectivity index (χ0v) is 12.5. The molecule has 17 heavy (non-hydrogen) atoms. The molecule has 1 heterocycles. The molecule has 0 saturated heterocycles. The predicted octanol–water partition coefficient (Wildman–Crippen LogP) is 3.14. The summed E-state index contributed by atoms with van der Waals surface area (Å²) in [6.07, 6.45) is 1.87. The number of hydrogen-bond donors (Lipinski definition) is 0. The van der Waals surface area contributed by atoms with Crippen LogP contribution >= 0.6 is 22.6 Å². The molecule has 0 aliphatic rings. The van der Waals surface area contributed by atoms with Crippen LogP contribution in [-0.4, -0.2) is 30.6 Å². The molecule has 0 aliphatic carbocycles. The molecule has 3 nitrogen and oxygen atoms in total. The van der Waals surface area contributed by atoms with Gasteiger partial charge in [-0.3, -0.25) is 4.98 Å². The summed E-state index contributed by atoms with van der Waals surface area (Å²) in [5.41, 5.74) is 2.26. The highest BCUT2D eigenvalue weighted by atomic mass is 127.